The van der Waals surface area contributed by atoms with Crippen LogP contribution in [-0.4, -0.2) is 29.4 Å². The Bertz CT molecular complexity index is 274. The second kappa shape index (κ2) is 18.4. The van der Waals surface area contributed by atoms with E-state index in [0.29, 0.717) is 0 Å². The second-order valence-electron chi connectivity index (χ2n) is 6.52. The molecule has 0 rings (SSSR count). The standard InChI is InChI=1S/C18H39BO3S3/c1-5-6-7-8-9-10-11-12-13-14-15-25-18(4)22-19(20-16(2)23)21-17(3)24/h16-18,23-24H,5-15H2,1-4H3. The first-order valence-electron chi connectivity index (χ1n) is 9.89. The van der Waals surface area contributed by atoms with Crippen molar-refractivity contribution in [3.8, 4) is 0 Å². The molecule has 7 heteroatoms. The second-order valence-corrected chi connectivity index (χ2v) is 9.38. The van der Waals surface area contributed by atoms with Crippen LogP contribution < -0.4 is 0 Å². The summed E-state index contributed by atoms with van der Waals surface area (Å²) in [5.41, 5.74) is -0.449. The number of unbranched alkanes of at least 4 members (excludes halogenated alkanes) is 9. The van der Waals surface area contributed by atoms with Crippen molar-refractivity contribution in [2.24, 2.45) is 0 Å². The molecule has 0 aromatic rings. The predicted molar refractivity (Wildman–Crippen MR) is 120 cm³/mol. The average molecular weight is 411 g/mol. The fraction of sp³-hybridized carbons (Fsp3) is 1.00. The van der Waals surface area contributed by atoms with Gasteiger partial charge >= 0.3 is 7.32 Å². The van der Waals surface area contributed by atoms with Crippen LogP contribution in [0.4, 0.5) is 0 Å². The van der Waals surface area contributed by atoms with Crippen molar-refractivity contribution in [1.29, 1.82) is 0 Å². The molecule has 0 aromatic heterocycles. The molecule has 0 aliphatic carbocycles. The molecule has 0 aromatic carbocycles. The van der Waals surface area contributed by atoms with Crippen LogP contribution in [0.2, 0.25) is 0 Å². The Labute approximate surface area is 172 Å². The smallest absolute Gasteiger partial charge is 0.374 e. The minimum absolute atomic E-state index is 0.0303. The molecule has 0 amide bonds. The molecule has 0 fully saturated rings. The Morgan fingerprint density at radius 1 is 0.720 bits per heavy atom. The van der Waals surface area contributed by atoms with Gasteiger partial charge in [-0.25, -0.2) is 0 Å². The van der Waals surface area contributed by atoms with Crippen LogP contribution in [0.1, 0.15) is 91.9 Å². The zero-order chi connectivity index (χ0) is 18.9. The molecule has 150 valence electrons. The highest BCUT2D eigenvalue weighted by molar-refractivity contribution is 7.99. The molecule has 0 radical (unpaired) electrons. The van der Waals surface area contributed by atoms with Crippen LogP contribution in [0.5, 0.6) is 0 Å². The molecule has 0 aliphatic rings. The van der Waals surface area contributed by atoms with Gasteiger partial charge in [-0.3, -0.25) is 0 Å². The van der Waals surface area contributed by atoms with Crippen LogP contribution in [0, 0.1) is 0 Å². The fourth-order valence-corrected chi connectivity index (χ4v) is 3.52. The van der Waals surface area contributed by atoms with Crippen molar-refractivity contribution < 1.29 is 14.0 Å². The lowest BCUT2D eigenvalue weighted by atomic mass is 10.1. The summed E-state index contributed by atoms with van der Waals surface area (Å²) >= 11 is 10.2. The number of thiol groups is 2. The van der Waals surface area contributed by atoms with Gasteiger partial charge in [0.15, 0.2) is 0 Å². The van der Waals surface area contributed by atoms with Gasteiger partial charge in [0, 0.05) is 0 Å². The van der Waals surface area contributed by atoms with Gasteiger partial charge in [-0.05, 0) is 32.9 Å². The van der Waals surface area contributed by atoms with E-state index in [-0.39, 0.29) is 16.3 Å². The quantitative estimate of drug-likeness (QED) is 0.116. The molecule has 0 spiro atoms. The van der Waals surface area contributed by atoms with Gasteiger partial charge in [0.2, 0.25) is 0 Å². The summed E-state index contributed by atoms with van der Waals surface area (Å²) in [5, 5.41) is 0. The summed E-state index contributed by atoms with van der Waals surface area (Å²) in [7, 11) is -0.713. The van der Waals surface area contributed by atoms with Crippen molar-refractivity contribution in [1.82, 2.24) is 0 Å². The molecule has 0 saturated heterocycles. The largest absolute Gasteiger partial charge is 0.641 e. The maximum Gasteiger partial charge on any atom is 0.641 e. The molecule has 0 saturated carbocycles. The molecule has 0 heterocycles. The number of thioether (sulfide) groups is 1. The lowest BCUT2D eigenvalue weighted by Gasteiger charge is -2.21. The third kappa shape index (κ3) is 19.6. The molecular weight excluding hydrogens is 371 g/mol. The topological polar surface area (TPSA) is 27.7 Å². The van der Waals surface area contributed by atoms with E-state index in [4.69, 9.17) is 14.0 Å². The van der Waals surface area contributed by atoms with Crippen molar-refractivity contribution in [2.45, 2.75) is 108 Å². The fourth-order valence-electron chi connectivity index (χ4n) is 2.45. The Morgan fingerprint density at radius 3 is 1.60 bits per heavy atom. The van der Waals surface area contributed by atoms with E-state index in [1.807, 2.05) is 20.8 Å². The zero-order valence-electron chi connectivity index (χ0n) is 16.6. The summed E-state index contributed by atoms with van der Waals surface area (Å²) < 4.78 is 16.8. The monoisotopic (exact) mass is 410 g/mol. The summed E-state index contributed by atoms with van der Waals surface area (Å²) in [6.07, 6.45) is 13.7. The third-order valence-electron chi connectivity index (χ3n) is 3.77. The van der Waals surface area contributed by atoms with E-state index in [1.54, 1.807) is 11.8 Å². The van der Waals surface area contributed by atoms with Crippen molar-refractivity contribution in [3.05, 3.63) is 0 Å². The van der Waals surface area contributed by atoms with E-state index in [2.05, 4.69) is 32.2 Å². The van der Waals surface area contributed by atoms with Gasteiger partial charge in [0.1, 0.15) is 0 Å². The van der Waals surface area contributed by atoms with Gasteiger partial charge in [0.25, 0.3) is 0 Å². The number of rotatable bonds is 18. The summed E-state index contributed by atoms with van der Waals surface area (Å²) in [6, 6.07) is 0. The molecule has 0 N–H and O–H groups in total. The predicted octanol–water partition coefficient (Wildman–Crippen LogP) is 6.57. The molecule has 0 bridgehead atoms. The highest BCUT2D eigenvalue weighted by Crippen LogP contribution is 2.19. The minimum Gasteiger partial charge on any atom is -0.374 e. The Morgan fingerprint density at radius 2 is 1.16 bits per heavy atom. The van der Waals surface area contributed by atoms with Gasteiger partial charge in [-0.15, -0.1) is 37.0 Å². The van der Waals surface area contributed by atoms with Crippen molar-refractivity contribution in [3.63, 3.8) is 0 Å². The third-order valence-corrected chi connectivity index (χ3v) is 5.12. The van der Waals surface area contributed by atoms with Crippen LogP contribution in [0.25, 0.3) is 0 Å². The first-order valence-corrected chi connectivity index (χ1v) is 12.0. The summed E-state index contributed by atoms with van der Waals surface area (Å²) in [4.78, 5) is 0. The number of hydrogen-bond donors (Lipinski definition) is 2. The zero-order valence-corrected chi connectivity index (χ0v) is 19.2. The molecule has 0 aliphatic heterocycles. The Balaban J connectivity index is 3.56. The van der Waals surface area contributed by atoms with E-state index < -0.39 is 7.32 Å². The highest BCUT2D eigenvalue weighted by atomic mass is 32.2. The first-order chi connectivity index (χ1) is 12.0. The molecule has 3 nitrogen and oxygen atoms in total. The summed E-state index contributed by atoms with van der Waals surface area (Å²) in [6.45, 7) is 7.99. The SMILES string of the molecule is CCCCCCCCCCCCSC(C)OB(OC(C)S)OC(C)S. The lowest BCUT2D eigenvalue weighted by molar-refractivity contribution is 0.0819. The first kappa shape index (κ1) is 26.0. The molecule has 3 atom stereocenters. The van der Waals surface area contributed by atoms with Crippen molar-refractivity contribution in [2.75, 3.05) is 5.75 Å². The van der Waals surface area contributed by atoms with Gasteiger partial charge in [-0.2, -0.15) is 0 Å². The van der Waals surface area contributed by atoms with Gasteiger partial charge in [-0.1, -0.05) is 64.7 Å². The highest BCUT2D eigenvalue weighted by Gasteiger charge is 2.27. The van der Waals surface area contributed by atoms with E-state index in [0.717, 1.165) is 5.75 Å². The van der Waals surface area contributed by atoms with Gasteiger partial charge in [0.05, 0.1) is 16.3 Å². The number of hydrogen-bond acceptors (Lipinski definition) is 6. The van der Waals surface area contributed by atoms with E-state index in [9.17, 15) is 0 Å². The maximum absolute atomic E-state index is 5.78. The van der Waals surface area contributed by atoms with Crippen LogP contribution in [-0.2, 0) is 14.0 Å². The van der Waals surface area contributed by atoms with Crippen LogP contribution in [0.3, 0.4) is 0 Å². The molecular formula is C18H39BO3S3. The van der Waals surface area contributed by atoms with Gasteiger partial charge < -0.3 is 14.0 Å². The maximum atomic E-state index is 5.78. The lowest BCUT2D eigenvalue weighted by Crippen LogP contribution is -2.34. The van der Waals surface area contributed by atoms with Crippen LogP contribution >= 0.6 is 37.0 Å². The Kier molecular flexibility index (Phi) is 19.1. The minimum atomic E-state index is -0.713. The van der Waals surface area contributed by atoms with Crippen molar-refractivity contribution >= 4 is 44.3 Å². The van der Waals surface area contributed by atoms with E-state index >= 15 is 0 Å². The Hall–Kier alpha value is 0.995. The van der Waals surface area contributed by atoms with Crippen LogP contribution in [0.15, 0.2) is 0 Å². The average Bonchev–Trinajstić information content (AvgIpc) is 2.51. The normalized spacial score (nSPS) is 15.1. The van der Waals surface area contributed by atoms with E-state index in [1.165, 1.54) is 64.2 Å². The molecule has 25 heavy (non-hydrogen) atoms. The molecule has 3 unspecified atom stereocenters. The summed E-state index contributed by atoms with van der Waals surface area (Å²) in [5.74, 6) is 1.11.